The molecule has 0 rings (SSSR count). The van der Waals surface area contributed by atoms with Gasteiger partial charge in [0.05, 0.1) is 5.54 Å². The van der Waals surface area contributed by atoms with Crippen LogP contribution in [-0.4, -0.2) is 28.6 Å². The van der Waals surface area contributed by atoms with E-state index in [2.05, 4.69) is 5.32 Å². The third kappa shape index (κ3) is 4.73. The van der Waals surface area contributed by atoms with Gasteiger partial charge in [-0.25, -0.2) is 4.79 Å². The Labute approximate surface area is 103 Å². The molecule has 1 amide bonds. The first-order valence-electron chi connectivity index (χ1n) is 6.08. The molecule has 0 saturated heterocycles. The minimum atomic E-state index is -1.01. The summed E-state index contributed by atoms with van der Waals surface area (Å²) in [6, 6.07) is -0.868. The van der Waals surface area contributed by atoms with Crippen molar-refractivity contribution in [2.75, 3.05) is 0 Å². The Bertz CT molecular complexity index is 277. The number of nitrogens with one attached hydrogen (secondary N) is 1. The van der Waals surface area contributed by atoms with Crippen LogP contribution in [0.1, 0.15) is 47.0 Å². The van der Waals surface area contributed by atoms with Crippen molar-refractivity contribution >= 4 is 11.9 Å². The molecule has 0 spiro atoms. The summed E-state index contributed by atoms with van der Waals surface area (Å²) in [5.41, 5.74) is 4.85. The lowest BCUT2D eigenvalue weighted by Gasteiger charge is -2.27. The van der Waals surface area contributed by atoms with E-state index in [4.69, 9.17) is 10.8 Å². The zero-order chi connectivity index (χ0) is 13.6. The number of hydrogen-bond donors (Lipinski definition) is 3. The van der Waals surface area contributed by atoms with E-state index in [0.717, 1.165) is 6.42 Å². The van der Waals surface area contributed by atoms with Crippen molar-refractivity contribution in [1.82, 2.24) is 5.32 Å². The van der Waals surface area contributed by atoms with Crippen LogP contribution in [0.15, 0.2) is 0 Å². The van der Waals surface area contributed by atoms with Crippen LogP contribution in [0, 0.1) is 5.92 Å². The highest BCUT2D eigenvalue weighted by Gasteiger charge is 2.32. The molecule has 3 atom stereocenters. The third-order valence-corrected chi connectivity index (χ3v) is 3.05. The van der Waals surface area contributed by atoms with Crippen molar-refractivity contribution in [2.24, 2.45) is 11.7 Å². The highest BCUT2D eigenvalue weighted by atomic mass is 16.4. The maximum atomic E-state index is 11.9. The second-order valence-electron chi connectivity index (χ2n) is 4.84. The Kier molecular flexibility index (Phi) is 6.16. The van der Waals surface area contributed by atoms with Crippen molar-refractivity contribution in [3.63, 3.8) is 0 Å². The van der Waals surface area contributed by atoms with Crippen molar-refractivity contribution in [3.05, 3.63) is 0 Å². The molecular formula is C12H24N2O3. The maximum Gasteiger partial charge on any atom is 0.326 e. The average molecular weight is 244 g/mol. The Morgan fingerprint density at radius 3 is 2.29 bits per heavy atom. The highest BCUT2D eigenvalue weighted by molar-refractivity contribution is 5.89. The number of carbonyl (C=O) groups excluding carboxylic acids is 1. The molecule has 17 heavy (non-hydrogen) atoms. The van der Waals surface area contributed by atoms with Gasteiger partial charge in [0, 0.05) is 0 Å². The van der Waals surface area contributed by atoms with Gasteiger partial charge in [-0.2, -0.15) is 0 Å². The van der Waals surface area contributed by atoms with Gasteiger partial charge in [-0.15, -0.1) is 0 Å². The summed E-state index contributed by atoms with van der Waals surface area (Å²) in [7, 11) is 0. The van der Waals surface area contributed by atoms with E-state index in [9.17, 15) is 9.59 Å². The number of nitrogens with two attached hydrogens (primary N) is 1. The normalized spacial score (nSPS) is 17.9. The van der Waals surface area contributed by atoms with Gasteiger partial charge in [-0.3, -0.25) is 4.79 Å². The van der Waals surface area contributed by atoms with E-state index in [0.29, 0.717) is 12.8 Å². The van der Waals surface area contributed by atoms with Crippen LogP contribution in [0.25, 0.3) is 0 Å². The number of carboxylic acid groups (broad SMARTS) is 1. The van der Waals surface area contributed by atoms with Crippen molar-refractivity contribution < 1.29 is 14.7 Å². The van der Waals surface area contributed by atoms with Crippen molar-refractivity contribution in [1.29, 1.82) is 0 Å². The molecule has 0 aromatic rings. The van der Waals surface area contributed by atoms with Gasteiger partial charge in [0.25, 0.3) is 0 Å². The zero-order valence-corrected chi connectivity index (χ0v) is 11.1. The van der Waals surface area contributed by atoms with Crippen molar-refractivity contribution in [2.45, 2.75) is 58.5 Å². The molecule has 1 unspecified atom stereocenters. The molecule has 0 aromatic carbocycles. The smallest absolute Gasteiger partial charge is 0.326 e. The fourth-order valence-electron chi connectivity index (χ4n) is 1.62. The van der Waals surface area contributed by atoms with Crippen LogP contribution >= 0.6 is 0 Å². The lowest BCUT2D eigenvalue weighted by atomic mass is 9.93. The molecule has 5 nitrogen and oxygen atoms in total. The quantitative estimate of drug-likeness (QED) is 0.625. The summed E-state index contributed by atoms with van der Waals surface area (Å²) < 4.78 is 0. The number of aliphatic carboxylic acids is 1. The molecule has 0 fully saturated rings. The Balaban J connectivity index is 4.67. The summed E-state index contributed by atoms with van der Waals surface area (Å²) >= 11 is 0. The van der Waals surface area contributed by atoms with Crippen LogP contribution in [0.5, 0.6) is 0 Å². The monoisotopic (exact) mass is 244 g/mol. The molecule has 5 heteroatoms. The SMILES string of the molecule is CCCC(C)(N)C(=O)N[C@H](C(=O)O)[C@@H](C)CC. The maximum absolute atomic E-state index is 11.9. The molecule has 0 aliphatic rings. The topological polar surface area (TPSA) is 92.4 Å². The van der Waals surface area contributed by atoms with E-state index in [-0.39, 0.29) is 5.92 Å². The van der Waals surface area contributed by atoms with E-state index in [1.807, 2.05) is 13.8 Å². The van der Waals surface area contributed by atoms with Crippen LogP contribution < -0.4 is 11.1 Å². The van der Waals surface area contributed by atoms with Gasteiger partial charge in [0.1, 0.15) is 6.04 Å². The molecule has 0 saturated carbocycles. The first-order valence-corrected chi connectivity index (χ1v) is 6.08. The van der Waals surface area contributed by atoms with Gasteiger partial charge in [-0.1, -0.05) is 33.6 Å². The van der Waals surface area contributed by atoms with Gasteiger partial charge in [0.15, 0.2) is 0 Å². The molecule has 0 bridgehead atoms. The Morgan fingerprint density at radius 1 is 1.41 bits per heavy atom. The zero-order valence-electron chi connectivity index (χ0n) is 11.1. The fraction of sp³-hybridized carbons (Fsp3) is 0.833. The fourth-order valence-corrected chi connectivity index (χ4v) is 1.62. The van der Waals surface area contributed by atoms with Crippen LogP contribution in [0.4, 0.5) is 0 Å². The molecule has 0 radical (unpaired) electrons. The number of rotatable bonds is 7. The number of carboxylic acids is 1. The van der Waals surface area contributed by atoms with Gasteiger partial charge >= 0.3 is 5.97 Å². The van der Waals surface area contributed by atoms with Crippen LogP contribution in [-0.2, 0) is 9.59 Å². The van der Waals surface area contributed by atoms with Crippen LogP contribution in [0.2, 0.25) is 0 Å². The largest absolute Gasteiger partial charge is 0.480 e. The molecule has 0 heterocycles. The minimum Gasteiger partial charge on any atom is -0.480 e. The first kappa shape index (κ1) is 15.9. The summed E-state index contributed by atoms with van der Waals surface area (Å²) in [6.07, 6.45) is 2.00. The van der Waals surface area contributed by atoms with E-state index >= 15 is 0 Å². The number of hydrogen-bond acceptors (Lipinski definition) is 3. The lowest BCUT2D eigenvalue weighted by molar-refractivity contribution is -0.144. The second-order valence-corrected chi connectivity index (χ2v) is 4.84. The van der Waals surface area contributed by atoms with Gasteiger partial charge < -0.3 is 16.2 Å². The van der Waals surface area contributed by atoms with Crippen LogP contribution in [0.3, 0.4) is 0 Å². The molecule has 0 aromatic heterocycles. The minimum absolute atomic E-state index is 0.117. The Hall–Kier alpha value is -1.10. The predicted octanol–water partition coefficient (Wildman–Crippen LogP) is 1.12. The van der Waals surface area contributed by atoms with Gasteiger partial charge in [-0.05, 0) is 19.3 Å². The summed E-state index contributed by atoms with van der Waals surface area (Å²) in [6.45, 7) is 7.25. The number of carbonyl (C=O) groups is 2. The average Bonchev–Trinajstić information content (AvgIpc) is 2.23. The van der Waals surface area contributed by atoms with Crippen molar-refractivity contribution in [3.8, 4) is 0 Å². The number of amides is 1. The second kappa shape index (κ2) is 6.59. The standard InChI is InChI=1S/C12H24N2O3/c1-5-7-12(4,13)11(17)14-9(10(15)16)8(3)6-2/h8-9H,5-7,13H2,1-4H3,(H,14,17)(H,15,16)/t8-,9-,12?/m0/s1. The molecular weight excluding hydrogens is 220 g/mol. The summed E-state index contributed by atoms with van der Waals surface area (Å²) in [5, 5.41) is 11.6. The van der Waals surface area contributed by atoms with Gasteiger partial charge in [0.2, 0.25) is 5.91 Å². The molecule has 0 aliphatic carbocycles. The third-order valence-electron chi connectivity index (χ3n) is 3.05. The van der Waals surface area contributed by atoms with E-state index < -0.39 is 23.5 Å². The molecule has 100 valence electrons. The molecule has 4 N–H and O–H groups in total. The molecule has 0 aliphatic heterocycles. The lowest BCUT2D eigenvalue weighted by Crippen LogP contribution is -2.57. The summed E-state index contributed by atoms with van der Waals surface area (Å²) in [4.78, 5) is 23.0. The first-order chi connectivity index (χ1) is 7.76. The summed E-state index contributed by atoms with van der Waals surface area (Å²) in [5.74, 6) is -1.53. The Morgan fingerprint density at radius 2 is 1.94 bits per heavy atom. The van der Waals surface area contributed by atoms with E-state index in [1.54, 1.807) is 13.8 Å². The van der Waals surface area contributed by atoms with E-state index in [1.165, 1.54) is 0 Å². The highest BCUT2D eigenvalue weighted by Crippen LogP contribution is 2.12. The predicted molar refractivity (Wildman–Crippen MR) is 66.5 cm³/mol.